The number of carbonyl (C=O) groups excluding carboxylic acids is 2. The van der Waals surface area contributed by atoms with Gasteiger partial charge in [-0.2, -0.15) is 0 Å². The second kappa shape index (κ2) is 12.0. The van der Waals surface area contributed by atoms with Crippen LogP contribution in [0, 0.1) is 5.92 Å². The zero-order chi connectivity index (χ0) is 24.5. The molecule has 6 nitrogen and oxygen atoms in total. The highest BCUT2D eigenvalue weighted by atomic mass is 32.1. The van der Waals surface area contributed by atoms with Gasteiger partial charge in [-0.3, -0.25) is 14.9 Å². The molecule has 0 aliphatic heterocycles. The summed E-state index contributed by atoms with van der Waals surface area (Å²) in [5.74, 6) is 0.358. The second-order valence-corrected chi connectivity index (χ2v) is 8.75. The largest absolute Gasteiger partial charge is 0.492 e. The van der Waals surface area contributed by atoms with Crippen molar-refractivity contribution in [2.24, 2.45) is 5.92 Å². The van der Waals surface area contributed by atoms with Crippen LogP contribution in [0.2, 0.25) is 0 Å². The molecule has 2 amide bonds. The highest BCUT2D eigenvalue weighted by Gasteiger charge is 2.15. The summed E-state index contributed by atoms with van der Waals surface area (Å²) < 4.78 is 5.76. The van der Waals surface area contributed by atoms with E-state index in [1.807, 2.05) is 50.2 Å². The molecule has 0 aliphatic rings. The Morgan fingerprint density at radius 3 is 2.41 bits per heavy atom. The molecule has 176 valence electrons. The van der Waals surface area contributed by atoms with Gasteiger partial charge >= 0.3 is 0 Å². The number of benzene rings is 3. The van der Waals surface area contributed by atoms with E-state index in [4.69, 9.17) is 17.0 Å². The van der Waals surface area contributed by atoms with E-state index >= 15 is 0 Å². The van der Waals surface area contributed by atoms with Crippen molar-refractivity contribution in [3.63, 3.8) is 0 Å². The lowest BCUT2D eigenvalue weighted by Gasteiger charge is -2.18. The third kappa shape index (κ3) is 7.15. The summed E-state index contributed by atoms with van der Waals surface area (Å²) in [6.07, 6.45) is 0. The number of ether oxygens (including phenoxy) is 1. The summed E-state index contributed by atoms with van der Waals surface area (Å²) in [5.41, 5.74) is 2.58. The van der Waals surface area contributed by atoms with Gasteiger partial charge in [-0.25, -0.2) is 0 Å². The number of carbonyl (C=O) groups is 2. The lowest BCUT2D eigenvalue weighted by Crippen LogP contribution is -2.34. The molecular formula is C27H29N3O3S. The van der Waals surface area contributed by atoms with Gasteiger partial charge in [-0.15, -0.1) is 0 Å². The number of hydrogen-bond acceptors (Lipinski definition) is 4. The van der Waals surface area contributed by atoms with Gasteiger partial charge in [-0.1, -0.05) is 62.4 Å². The monoisotopic (exact) mass is 475 g/mol. The first-order valence-electron chi connectivity index (χ1n) is 11.1. The third-order valence-electron chi connectivity index (χ3n) is 4.91. The smallest absolute Gasteiger partial charge is 0.261 e. The summed E-state index contributed by atoms with van der Waals surface area (Å²) in [6, 6.07) is 23.9. The van der Waals surface area contributed by atoms with E-state index in [0.717, 1.165) is 5.56 Å². The minimum atomic E-state index is -0.369. The zero-order valence-corrected chi connectivity index (χ0v) is 20.4. The first-order chi connectivity index (χ1) is 16.3. The maximum absolute atomic E-state index is 12.9. The molecule has 3 rings (SSSR count). The van der Waals surface area contributed by atoms with Gasteiger partial charge in [0.15, 0.2) is 5.11 Å². The van der Waals surface area contributed by atoms with E-state index in [0.29, 0.717) is 41.6 Å². The van der Waals surface area contributed by atoms with E-state index < -0.39 is 0 Å². The van der Waals surface area contributed by atoms with Crippen LogP contribution in [-0.2, 0) is 6.54 Å². The lowest BCUT2D eigenvalue weighted by atomic mass is 10.1. The van der Waals surface area contributed by atoms with Gasteiger partial charge in [0.2, 0.25) is 0 Å². The fraction of sp³-hybridized carbons (Fsp3) is 0.222. The fourth-order valence-corrected chi connectivity index (χ4v) is 3.46. The second-order valence-electron chi connectivity index (χ2n) is 8.34. The Morgan fingerprint density at radius 2 is 1.68 bits per heavy atom. The molecule has 7 heteroatoms. The van der Waals surface area contributed by atoms with Crippen LogP contribution in [-0.4, -0.2) is 35.5 Å². The summed E-state index contributed by atoms with van der Waals surface area (Å²) in [7, 11) is 1.76. The van der Waals surface area contributed by atoms with Crippen molar-refractivity contribution in [3.8, 4) is 5.75 Å². The normalized spacial score (nSPS) is 10.5. The van der Waals surface area contributed by atoms with Gasteiger partial charge in [0.1, 0.15) is 5.75 Å². The van der Waals surface area contributed by atoms with Gasteiger partial charge in [0.25, 0.3) is 11.8 Å². The number of nitrogens with one attached hydrogen (secondary N) is 2. The minimum absolute atomic E-state index is 0.112. The van der Waals surface area contributed by atoms with Gasteiger partial charge in [0, 0.05) is 24.8 Å². The SMILES string of the molecule is CC(C)COc1ccccc1C(=O)NC(=S)Nc1cccc(C(=O)N(C)Cc2ccccc2)c1. The first-order valence-corrected chi connectivity index (χ1v) is 11.5. The van der Waals surface area contributed by atoms with E-state index in [1.165, 1.54) is 0 Å². The molecule has 2 N–H and O–H groups in total. The summed E-state index contributed by atoms with van der Waals surface area (Å²) >= 11 is 5.33. The molecule has 0 saturated carbocycles. The molecule has 0 aliphatic carbocycles. The average molecular weight is 476 g/mol. The predicted molar refractivity (Wildman–Crippen MR) is 139 cm³/mol. The average Bonchev–Trinajstić information content (AvgIpc) is 2.83. The number of thiocarbonyl (C=S) groups is 1. The molecule has 0 unspecified atom stereocenters. The number of amides is 2. The van der Waals surface area contributed by atoms with Crippen molar-refractivity contribution in [1.29, 1.82) is 0 Å². The Labute approximate surface area is 205 Å². The molecule has 0 fully saturated rings. The van der Waals surface area contributed by atoms with Gasteiger partial charge < -0.3 is 15.0 Å². The maximum atomic E-state index is 12.9. The number of rotatable bonds is 8. The third-order valence-corrected chi connectivity index (χ3v) is 5.11. The van der Waals surface area contributed by atoms with Crippen LogP contribution in [0.1, 0.15) is 40.1 Å². The number of nitrogens with zero attached hydrogens (tertiary/aromatic N) is 1. The topological polar surface area (TPSA) is 70.7 Å². The van der Waals surface area contributed by atoms with E-state index in [-0.39, 0.29) is 16.9 Å². The lowest BCUT2D eigenvalue weighted by molar-refractivity contribution is 0.0785. The van der Waals surface area contributed by atoms with Crippen molar-refractivity contribution in [2.75, 3.05) is 19.0 Å². The number of anilines is 1. The van der Waals surface area contributed by atoms with Crippen LogP contribution >= 0.6 is 12.2 Å². The summed E-state index contributed by atoms with van der Waals surface area (Å²) in [4.78, 5) is 27.3. The van der Waals surface area contributed by atoms with Crippen LogP contribution in [0.4, 0.5) is 5.69 Å². The van der Waals surface area contributed by atoms with Crippen LogP contribution in [0.5, 0.6) is 5.75 Å². The maximum Gasteiger partial charge on any atom is 0.261 e. The summed E-state index contributed by atoms with van der Waals surface area (Å²) in [6.45, 7) is 5.09. The van der Waals surface area contributed by atoms with E-state index in [9.17, 15) is 9.59 Å². The quantitative estimate of drug-likeness (QED) is 0.443. The Balaban J connectivity index is 1.62. The summed E-state index contributed by atoms with van der Waals surface area (Å²) in [5, 5.41) is 5.80. The number of hydrogen-bond donors (Lipinski definition) is 2. The van der Waals surface area contributed by atoms with Crippen LogP contribution in [0.3, 0.4) is 0 Å². The Bertz CT molecular complexity index is 1150. The Kier molecular flexibility index (Phi) is 8.76. The van der Waals surface area contributed by atoms with Crippen molar-refractivity contribution in [1.82, 2.24) is 10.2 Å². The van der Waals surface area contributed by atoms with Crippen molar-refractivity contribution in [2.45, 2.75) is 20.4 Å². The Morgan fingerprint density at radius 1 is 0.971 bits per heavy atom. The molecule has 0 heterocycles. The van der Waals surface area contributed by atoms with Crippen molar-refractivity contribution in [3.05, 3.63) is 95.6 Å². The molecule has 34 heavy (non-hydrogen) atoms. The van der Waals surface area contributed by atoms with E-state index in [2.05, 4.69) is 10.6 Å². The number of para-hydroxylation sites is 1. The fourth-order valence-electron chi connectivity index (χ4n) is 3.25. The standard InChI is InChI=1S/C27H29N3O3S/c1-19(2)18-33-24-15-8-7-14-23(24)25(31)29-27(34)28-22-13-9-12-21(16-22)26(32)30(3)17-20-10-5-4-6-11-20/h4-16,19H,17-18H2,1-3H3,(H2,28,29,31,34). The van der Waals surface area contributed by atoms with Crippen molar-refractivity contribution >= 4 is 34.8 Å². The predicted octanol–water partition coefficient (Wildman–Crippen LogP) is 5.12. The molecule has 0 atom stereocenters. The highest BCUT2D eigenvalue weighted by Crippen LogP contribution is 2.19. The first kappa shape index (κ1) is 24.9. The molecule has 3 aromatic rings. The minimum Gasteiger partial charge on any atom is -0.492 e. The van der Waals surface area contributed by atoms with E-state index in [1.54, 1.807) is 54.4 Å². The van der Waals surface area contributed by atoms with Crippen LogP contribution in [0.25, 0.3) is 0 Å². The van der Waals surface area contributed by atoms with Gasteiger partial charge in [0.05, 0.1) is 12.2 Å². The van der Waals surface area contributed by atoms with Gasteiger partial charge in [-0.05, 0) is 54.0 Å². The Hall–Kier alpha value is -3.71. The molecule has 0 bridgehead atoms. The molecule has 0 spiro atoms. The molecular weight excluding hydrogens is 446 g/mol. The highest BCUT2D eigenvalue weighted by molar-refractivity contribution is 7.80. The molecule has 0 radical (unpaired) electrons. The van der Waals surface area contributed by atoms with Crippen LogP contribution in [0.15, 0.2) is 78.9 Å². The van der Waals surface area contributed by atoms with Crippen LogP contribution < -0.4 is 15.4 Å². The van der Waals surface area contributed by atoms with Crippen molar-refractivity contribution < 1.29 is 14.3 Å². The zero-order valence-electron chi connectivity index (χ0n) is 19.6. The molecule has 0 saturated heterocycles. The molecule has 0 aromatic heterocycles. The molecule has 3 aromatic carbocycles.